The lowest BCUT2D eigenvalue weighted by Crippen LogP contribution is -2.36. The molecule has 6 aromatic carbocycles. The average Bonchev–Trinajstić information content (AvgIpc) is 1.71. The summed E-state index contributed by atoms with van der Waals surface area (Å²) in [4.78, 5) is 122. The quantitative estimate of drug-likeness (QED) is 0.0201. The number of esters is 10. The Bertz CT molecular complexity index is 3880. The van der Waals surface area contributed by atoms with E-state index in [0.29, 0.717) is 44.9 Å². The number of benzene rings is 6. The lowest BCUT2D eigenvalue weighted by molar-refractivity contribution is -0.162. The van der Waals surface area contributed by atoms with Gasteiger partial charge in [0.2, 0.25) is 13.6 Å². The topological polar surface area (TPSA) is 300 Å². The van der Waals surface area contributed by atoms with Crippen LogP contribution in [-0.2, 0) is 85.6 Å². The third-order valence-corrected chi connectivity index (χ3v) is 14.8. The molecule has 24 heteroatoms. The summed E-state index contributed by atoms with van der Waals surface area (Å²) in [7, 11) is 0. The maximum Gasteiger partial charge on any atom is 0.338 e. The second-order valence-electron chi connectivity index (χ2n) is 22.3. The molecule has 10 rings (SSSR count). The molecule has 0 aliphatic carbocycles. The summed E-state index contributed by atoms with van der Waals surface area (Å²) >= 11 is 0. The summed E-state index contributed by atoms with van der Waals surface area (Å²) < 4.78 is 75.6. The minimum Gasteiger partial charge on any atom is -0.453 e. The largest absolute Gasteiger partial charge is 0.453 e. The molecule has 0 unspecified atom stereocenters. The summed E-state index contributed by atoms with van der Waals surface area (Å²) in [5.74, 6) is -5.45. The molecule has 0 spiro atoms. The normalized spacial score (nSPS) is 19.7. The van der Waals surface area contributed by atoms with Gasteiger partial charge in [-0.1, -0.05) is 74.8 Å². The first-order valence-corrected chi connectivity index (χ1v) is 29.6. The average molecular weight is 1310 g/mol. The van der Waals surface area contributed by atoms with Crippen molar-refractivity contribution in [2.24, 2.45) is 0 Å². The maximum absolute atomic E-state index is 13.0. The van der Waals surface area contributed by atoms with E-state index in [1.807, 2.05) is 0 Å². The first-order valence-electron chi connectivity index (χ1n) is 29.6. The number of fused-ring (bicyclic) bond motifs is 4. The predicted octanol–water partition coefficient (Wildman–Crippen LogP) is 9.01. The SMILES string of the molecule is C=C(C)C(=O)OCOC(=O)/C=C/c1ccc(C(=O)O[C@H]2CO[C@H]3[C@@H]2OC[C@H]3OC(=O)c2ccc(/C=C/C(=O)OCOC(=O)C(=C)C)cc2)cc1.C=C(C)C(=O)Oc1ccc2cc(C(=O)O[C@H]3CO[C@H]4[C@@H]3OC[C@H]4OC(=O)c3ccc4cc(OC(=O)C(=C)C)ccc4c3)ccc2c1. The first kappa shape index (κ1) is 69.2. The van der Waals surface area contributed by atoms with E-state index in [2.05, 4.69) is 26.3 Å². The van der Waals surface area contributed by atoms with Crippen LogP contribution in [0.2, 0.25) is 0 Å². The van der Waals surface area contributed by atoms with E-state index in [1.165, 1.54) is 50.3 Å². The molecule has 6 aromatic rings. The van der Waals surface area contributed by atoms with E-state index in [0.717, 1.165) is 33.7 Å². The van der Waals surface area contributed by atoms with Gasteiger partial charge in [0.1, 0.15) is 35.9 Å². The van der Waals surface area contributed by atoms with Crippen LogP contribution in [0.25, 0.3) is 33.7 Å². The minimum atomic E-state index is -0.736. The van der Waals surface area contributed by atoms with Gasteiger partial charge in [-0.3, -0.25) is 0 Å². The number of hydrogen-bond donors (Lipinski definition) is 0. The van der Waals surface area contributed by atoms with Gasteiger partial charge in [-0.2, -0.15) is 0 Å². The van der Waals surface area contributed by atoms with Crippen molar-refractivity contribution in [3.05, 3.63) is 215 Å². The Kier molecular flexibility index (Phi) is 22.8. The van der Waals surface area contributed by atoms with Crippen LogP contribution in [-0.4, -0.2) is 149 Å². The van der Waals surface area contributed by atoms with E-state index in [9.17, 15) is 47.9 Å². The molecule has 0 aromatic heterocycles. The van der Waals surface area contributed by atoms with Crippen molar-refractivity contribution in [3.8, 4) is 11.5 Å². The molecule has 8 atom stereocenters. The Hall–Kier alpha value is -11.2. The summed E-state index contributed by atoms with van der Waals surface area (Å²) in [6.45, 7) is 19.2. The summed E-state index contributed by atoms with van der Waals surface area (Å²) in [5, 5.41) is 3.07. The highest BCUT2D eigenvalue weighted by Crippen LogP contribution is 2.34. The van der Waals surface area contributed by atoms with Crippen molar-refractivity contribution < 1.29 is 114 Å². The van der Waals surface area contributed by atoms with Gasteiger partial charge in [0, 0.05) is 34.4 Å². The van der Waals surface area contributed by atoms with Gasteiger partial charge in [-0.05, 0) is 145 Å². The Morgan fingerprint density at radius 2 is 0.646 bits per heavy atom. The molecular formula is C72H64O24. The molecule has 0 radical (unpaired) electrons. The van der Waals surface area contributed by atoms with E-state index < -0.39 is 122 Å². The Morgan fingerprint density at radius 3 is 0.958 bits per heavy atom. The fraction of sp³-hybridized carbons (Fsp3) is 0.250. The standard InChI is InChI=1S/C36H34O14.C36H30O10/c1-21(2)33(39)47-19-45-29(37)15-9-23-5-11-25(12-6-23)35(41)49-27-17-43-32-28(18-44-31(27)32)50-36(42)26-13-7-24(8-14-26)10-16-30(38)46-20-48-34(40)22(3)4;1-19(2)33(37)43-27-11-9-21-13-25(7-5-23(21)15-27)35(39)45-29-17-41-32-30(18-42-31(29)32)46-36(40)26-8-6-24-16-28(12-10-22(24)14-26)44-34(38)20(3)4/h5-16,27-28,31-32H,1,3,17-20H2,2,4H3;5-16,29-32H,1,3,17-18H2,2,4H3/b15-9+,16-10+;/t27-,28+,31-,32-;29-,30+,31-,32-/m11/s1. The van der Waals surface area contributed by atoms with Gasteiger partial charge < -0.3 is 66.3 Å². The fourth-order valence-corrected chi connectivity index (χ4v) is 9.72. The summed E-state index contributed by atoms with van der Waals surface area (Å²) in [6.07, 6.45) is -0.109. The molecule has 24 nitrogen and oxygen atoms in total. The third kappa shape index (κ3) is 18.1. The summed E-state index contributed by atoms with van der Waals surface area (Å²) in [5.41, 5.74) is 3.29. The van der Waals surface area contributed by atoms with Gasteiger partial charge in [-0.15, -0.1) is 0 Å². The zero-order valence-electron chi connectivity index (χ0n) is 52.3. The van der Waals surface area contributed by atoms with Gasteiger partial charge in [0.25, 0.3) is 0 Å². The number of rotatable bonds is 22. The van der Waals surface area contributed by atoms with Crippen LogP contribution in [0.1, 0.15) is 80.3 Å². The van der Waals surface area contributed by atoms with Crippen LogP contribution < -0.4 is 9.47 Å². The fourth-order valence-electron chi connectivity index (χ4n) is 9.72. The van der Waals surface area contributed by atoms with Gasteiger partial charge in [0.05, 0.1) is 48.7 Å². The zero-order valence-corrected chi connectivity index (χ0v) is 52.3. The molecule has 0 saturated carbocycles. The highest BCUT2D eigenvalue weighted by molar-refractivity contribution is 5.98. The number of hydrogen-bond acceptors (Lipinski definition) is 24. The number of carbonyl (C=O) groups excluding carboxylic acids is 10. The second kappa shape index (κ2) is 31.6. The van der Waals surface area contributed by atoms with Crippen molar-refractivity contribution >= 4 is 93.4 Å². The Labute approximate surface area is 549 Å². The van der Waals surface area contributed by atoms with E-state index >= 15 is 0 Å². The van der Waals surface area contributed by atoms with E-state index in [4.69, 9.17) is 66.3 Å². The molecule has 4 saturated heterocycles. The van der Waals surface area contributed by atoms with Crippen molar-refractivity contribution in [3.63, 3.8) is 0 Å². The second-order valence-corrected chi connectivity index (χ2v) is 22.3. The van der Waals surface area contributed by atoms with Crippen LogP contribution >= 0.6 is 0 Å². The predicted molar refractivity (Wildman–Crippen MR) is 339 cm³/mol. The number of carbonyl (C=O) groups is 10. The first-order chi connectivity index (χ1) is 46.0. The van der Waals surface area contributed by atoms with Crippen molar-refractivity contribution in [2.45, 2.75) is 76.5 Å². The Balaban J connectivity index is 0.000000226. The van der Waals surface area contributed by atoms with Crippen molar-refractivity contribution in [1.82, 2.24) is 0 Å². The molecule has 4 fully saturated rings. The lowest BCUT2D eigenvalue weighted by Gasteiger charge is -2.17. The molecular weight excluding hydrogens is 1250 g/mol. The van der Waals surface area contributed by atoms with Crippen molar-refractivity contribution in [1.29, 1.82) is 0 Å². The van der Waals surface area contributed by atoms with Crippen LogP contribution in [0.4, 0.5) is 0 Å². The smallest absolute Gasteiger partial charge is 0.338 e. The molecule has 0 N–H and O–H groups in total. The van der Waals surface area contributed by atoms with Crippen molar-refractivity contribution in [2.75, 3.05) is 40.0 Å². The zero-order chi connectivity index (χ0) is 68.7. The van der Waals surface area contributed by atoms with Gasteiger partial charge in [0.15, 0.2) is 24.4 Å². The van der Waals surface area contributed by atoms with E-state index in [-0.39, 0.29) is 48.7 Å². The van der Waals surface area contributed by atoms with Gasteiger partial charge in [-0.25, -0.2) is 47.9 Å². The molecule has 496 valence electrons. The summed E-state index contributed by atoms with van der Waals surface area (Å²) in [6, 6.07) is 32.8. The molecule has 4 heterocycles. The van der Waals surface area contributed by atoms with Gasteiger partial charge >= 0.3 is 59.7 Å². The molecule has 0 amide bonds. The third-order valence-electron chi connectivity index (χ3n) is 14.8. The number of ether oxygens (including phenoxy) is 14. The lowest BCUT2D eigenvalue weighted by atomic mass is 10.1. The van der Waals surface area contributed by atoms with Crippen LogP contribution in [0.5, 0.6) is 11.5 Å². The highest BCUT2D eigenvalue weighted by atomic mass is 16.7. The molecule has 96 heavy (non-hydrogen) atoms. The molecule has 4 aliphatic rings. The molecule has 0 bridgehead atoms. The Morgan fingerprint density at radius 1 is 0.365 bits per heavy atom. The monoisotopic (exact) mass is 1310 g/mol. The maximum atomic E-state index is 13.0. The van der Waals surface area contributed by atoms with Crippen LogP contribution in [0.3, 0.4) is 0 Å². The highest BCUT2D eigenvalue weighted by Gasteiger charge is 2.52. The van der Waals surface area contributed by atoms with Crippen LogP contribution in [0.15, 0.2) is 182 Å². The molecule has 4 aliphatic heterocycles. The van der Waals surface area contributed by atoms with Crippen LogP contribution in [0, 0.1) is 0 Å². The minimum absolute atomic E-state index is 0.0412. The van der Waals surface area contributed by atoms with E-state index in [1.54, 1.807) is 111 Å².